The summed E-state index contributed by atoms with van der Waals surface area (Å²) in [7, 11) is 0. The molecular formula is C19H25N5O2S. The van der Waals surface area contributed by atoms with Gasteiger partial charge in [-0.25, -0.2) is 0 Å². The molecule has 1 N–H and O–H groups in total. The molecule has 2 amide bonds. The lowest BCUT2D eigenvalue weighted by Crippen LogP contribution is -2.48. The second-order valence-corrected chi connectivity index (χ2v) is 7.88. The van der Waals surface area contributed by atoms with Gasteiger partial charge in [0.15, 0.2) is 5.16 Å². The summed E-state index contributed by atoms with van der Waals surface area (Å²) < 4.78 is 1.83. The number of nitrogens with zero attached hydrogens (tertiary/aromatic N) is 4. The van der Waals surface area contributed by atoms with Crippen molar-refractivity contribution in [1.29, 1.82) is 0 Å². The first-order chi connectivity index (χ1) is 13.0. The van der Waals surface area contributed by atoms with Gasteiger partial charge >= 0.3 is 0 Å². The fourth-order valence-electron chi connectivity index (χ4n) is 3.55. The summed E-state index contributed by atoms with van der Waals surface area (Å²) in [6, 6.07) is 8.02. The number of carbonyl (C=O) groups is 2. The zero-order valence-electron chi connectivity index (χ0n) is 15.9. The van der Waals surface area contributed by atoms with E-state index in [0.29, 0.717) is 16.6 Å². The SMILES string of the molecule is CC(=O)Nc1cccc(-n2cnnc2SCC(=O)N2C(C)CCCC2C)c1. The Kier molecular flexibility index (Phi) is 6.15. The number of piperidine rings is 1. The molecular weight excluding hydrogens is 362 g/mol. The topological polar surface area (TPSA) is 80.1 Å². The molecule has 8 heteroatoms. The number of hydrogen-bond acceptors (Lipinski definition) is 5. The van der Waals surface area contributed by atoms with E-state index in [-0.39, 0.29) is 23.9 Å². The molecule has 1 aromatic heterocycles. The number of likely N-dealkylation sites (tertiary alicyclic amines) is 1. The highest BCUT2D eigenvalue weighted by molar-refractivity contribution is 7.99. The predicted octanol–water partition coefficient (Wildman–Crippen LogP) is 3.11. The van der Waals surface area contributed by atoms with E-state index in [1.807, 2.05) is 33.7 Å². The average molecular weight is 388 g/mol. The van der Waals surface area contributed by atoms with E-state index in [1.54, 1.807) is 6.33 Å². The number of amides is 2. The van der Waals surface area contributed by atoms with Crippen molar-refractivity contribution in [3.63, 3.8) is 0 Å². The highest BCUT2D eigenvalue weighted by atomic mass is 32.2. The molecule has 1 aliphatic heterocycles. The first-order valence-electron chi connectivity index (χ1n) is 9.17. The van der Waals surface area contributed by atoms with Crippen molar-refractivity contribution in [2.45, 2.75) is 57.3 Å². The average Bonchev–Trinajstić information content (AvgIpc) is 3.08. The minimum Gasteiger partial charge on any atom is -0.337 e. The lowest BCUT2D eigenvalue weighted by Gasteiger charge is -2.39. The maximum absolute atomic E-state index is 12.7. The molecule has 0 bridgehead atoms. The van der Waals surface area contributed by atoms with Crippen molar-refractivity contribution in [3.8, 4) is 5.69 Å². The van der Waals surface area contributed by atoms with Crippen LogP contribution in [0.15, 0.2) is 35.7 Å². The van der Waals surface area contributed by atoms with Crippen LogP contribution in [-0.4, -0.2) is 49.3 Å². The van der Waals surface area contributed by atoms with Crippen molar-refractivity contribution in [1.82, 2.24) is 19.7 Å². The standard InChI is InChI=1S/C19H25N5O2S/c1-13-6-4-7-14(2)24(13)18(26)11-27-19-22-20-12-23(19)17-9-5-8-16(10-17)21-15(3)25/h5,8-10,12-14H,4,6-7,11H2,1-3H3,(H,21,25). The van der Waals surface area contributed by atoms with Gasteiger partial charge in [0.2, 0.25) is 11.8 Å². The van der Waals surface area contributed by atoms with E-state index < -0.39 is 0 Å². The van der Waals surface area contributed by atoms with Gasteiger partial charge in [0.05, 0.1) is 11.4 Å². The van der Waals surface area contributed by atoms with Crippen molar-refractivity contribution in [2.24, 2.45) is 0 Å². The van der Waals surface area contributed by atoms with Crippen LogP contribution in [0.5, 0.6) is 0 Å². The minimum absolute atomic E-state index is 0.124. The Labute approximate surface area is 163 Å². The largest absolute Gasteiger partial charge is 0.337 e. The highest BCUT2D eigenvalue weighted by Crippen LogP contribution is 2.26. The first kappa shape index (κ1) is 19.4. The molecule has 0 aliphatic carbocycles. The summed E-state index contributed by atoms with van der Waals surface area (Å²) >= 11 is 1.38. The van der Waals surface area contributed by atoms with Gasteiger partial charge in [-0.05, 0) is 51.3 Å². The molecule has 2 unspecified atom stereocenters. The molecule has 1 saturated heterocycles. The molecule has 3 rings (SSSR count). The molecule has 2 heterocycles. The van der Waals surface area contributed by atoms with Crippen LogP contribution in [0, 0.1) is 0 Å². The van der Waals surface area contributed by atoms with Crippen molar-refractivity contribution in [2.75, 3.05) is 11.1 Å². The molecule has 27 heavy (non-hydrogen) atoms. The number of rotatable bonds is 5. The summed E-state index contributed by atoms with van der Waals surface area (Å²) in [6.45, 7) is 5.71. The normalized spacial score (nSPS) is 19.7. The maximum Gasteiger partial charge on any atom is 0.233 e. The van der Waals surface area contributed by atoms with Crippen LogP contribution < -0.4 is 5.32 Å². The molecule has 1 aromatic carbocycles. The Bertz CT molecular complexity index is 812. The van der Waals surface area contributed by atoms with Crippen LogP contribution in [0.25, 0.3) is 5.69 Å². The number of hydrogen-bond donors (Lipinski definition) is 1. The van der Waals surface area contributed by atoms with Gasteiger partial charge in [-0.15, -0.1) is 10.2 Å². The van der Waals surface area contributed by atoms with Crippen molar-refractivity contribution in [3.05, 3.63) is 30.6 Å². The molecule has 0 radical (unpaired) electrons. The Morgan fingerprint density at radius 1 is 1.26 bits per heavy atom. The Hall–Kier alpha value is -2.35. The summed E-state index contributed by atoms with van der Waals surface area (Å²) in [6.07, 6.45) is 4.92. The highest BCUT2D eigenvalue weighted by Gasteiger charge is 2.29. The molecule has 2 aromatic rings. The molecule has 144 valence electrons. The fourth-order valence-corrected chi connectivity index (χ4v) is 4.35. The third kappa shape index (κ3) is 4.68. The van der Waals surface area contributed by atoms with Crippen LogP contribution in [0.1, 0.15) is 40.0 Å². The van der Waals surface area contributed by atoms with Gasteiger partial charge in [-0.3, -0.25) is 14.2 Å². The Balaban J connectivity index is 1.70. The zero-order chi connectivity index (χ0) is 19.4. The lowest BCUT2D eigenvalue weighted by atomic mass is 9.98. The number of nitrogens with one attached hydrogen (secondary N) is 1. The van der Waals surface area contributed by atoms with Crippen LogP contribution >= 0.6 is 11.8 Å². The number of aromatic nitrogens is 3. The first-order valence-corrected chi connectivity index (χ1v) is 10.2. The number of anilines is 1. The van der Waals surface area contributed by atoms with Crippen LogP contribution in [0.2, 0.25) is 0 Å². The number of thioether (sulfide) groups is 1. The van der Waals surface area contributed by atoms with E-state index in [9.17, 15) is 9.59 Å². The minimum atomic E-state index is -0.124. The van der Waals surface area contributed by atoms with Crippen LogP contribution in [-0.2, 0) is 9.59 Å². The van der Waals surface area contributed by atoms with Crippen LogP contribution in [0.4, 0.5) is 5.69 Å². The van der Waals surface area contributed by atoms with Gasteiger partial charge in [0.25, 0.3) is 0 Å². The Morgan fingerprint density at radius 3 is 2.70 bits per heavy atom. The summed E-state index contributed by atoms with van der Waals surface area (Å²) in [5.41, 5.74) is 1.54. The van der Waals surface area contributed by atoms with E-state index in [2.05, 4.69) is 29.4 Å². The van der Waals surface area contributed by atoms with Gasteiger partial charge in [0, 0.05) is 24.7 Å². The van der Waals surface area contributed by atoms with E-state index in [4.69, 9.17) is 0 Å². The fraction of sp³-hybridized carbons (Fsp3) is 0.474. The summed E-state index contributed by atoms with van der Waals surface area (Å²) in [4.78, 5) is 26.0. The Morgan fingerprint density at radius 2 is 2.00 bits per heavy atom. The summed E-state index contributed by atoms with van der Waals surface area (Å²) in [5, 5.41) is 11.6. The molecule has 7 nitrogen and oxygen atoms in total. The van der Waals surface area contributed by atoms with E-state index in [1.165, 1.54) is 25.1 Å². The number of carbonyl (C=O) groups excluding carboxylic acids is 2. The van der Waals surface area contributed by atoms with E-state index >= 15 is 0 Å². The van der Waals surface area contributed by atoms with Gasteiger partial charge in [-0.1, -0.05) is 17.8 Å². The van der Waals surface area contributed by atoms with Crippen molar-refractivity contribution >= 4 is 29.3 Å². The maximum atomic E-state index is 12.7. The van der Waals surface area contributed by atoms with Crippen molar-refractivity contribution < 1.29 is 9.59 Å². The molecule has 1 fully saturated rings. The smallest absolute Gasteiger partial charge is 0.233 e. The zero-order valence-corrected chi connectivity index (χ0v) is 16.7. The van der Waals surface area contributed by atoms with Gasteiger partial charge < -0.3 is 10.2 Å². The second kappa shape index (κ2) is 8.56. The quantitative estimate of drug-likeness (QED) is 0.798. The number of benzene rings is 1. The summed E-state index contributed by atoms with van der Waals surface area (Å²) in [5.74, 6) is 0.348. The third-order valence-corrected chi connectivity index (χ3v) is 5.70. The lowest BCUT2D eigenvalue weighted by molar-refractivity contribution is -0.134. The predicted molar refractivity (Wildman–Crippen MR) is 106 cm³/mol. The third-order valence-electron chi connectivity index (χ3n) is 4.77. The molecule has 1 aliphatic rings. The van der Waals surface area contributed by atoms with E-state index in [0.717, 1.165) is 18.5 Å². The van der Waals surface area contributed by atoms with Gasteiger partial charge in [-0.2, -0.15) is 0 Å². The van der Waals surface area contributed by atoms with Crippen LogP contribution in [0.3, 0.4) is 0 Å². The van der Waals surface area contributed by atoms with Gasteiger partial charge in [0.1, 0.15) is 6.33 Å². The second-order valence-electron chi connectivity index (χ2n) is 6.93. The molecule has 2 atom stereocenters. The molecule has 0 saturated carbocycles. The monoisotopic (exact) mass is 387 g/mol. The molecule has 0 spiro atoms.